The minimum atomic E-state index is -1.44. The van der Waals surface area contributed by atoms with Crippen LogP contribution in [0.2, 0.25) is 0 Å². The number of hydrogen-bond acceptors (Lipinski definition) is 14. The normalized spacial score (nSPS) is 13.2. The molecule has 0 aromatic rings. The first kappa shape index (κ1) is 103. The summed E-state index contributed by atoms with van der Waals surface area (Å²) in [5, 5.41) is 0. The summed E-state index contributed by atoms with van der Waals surface area (Å²) in [5.74, 6) is -0.0530. The van der Waals surface area contributed by atoms with E-state index >= 15 is 0 Å². The van der Waals surface area contributed by atoms with Crippen molar-refractivity contribution in [3.8, 4) is 0 Å². The Bertz CT molecular complexity index is 3290. The van der Waals surface area contributed by atoms with Gasteiger partial charge >= 0.3 is 52.7 Å². The summed E-state index contributed by atoms with van der Waals surface area (Å²) in [7, 11) is 5.77. The maximum atomic E-state index is 11.3. The van der Waals surface area contributed by atoms with Gasteiger partial charge in [-0.3, -0.25) is 4.79 Å². The molecule has 0 fully saturated rings. The second kappa shape index (κ2) is 76.5. The molecule has 0 amide bonds. The van der Waals surface area contributed by atoms with Crippen LogP contribution in [0.15, 0.2) is 321 Å². The SMILES string of the molecule is C.C=C/C=C(\C)C(=O)OC.CO/C(C)=C/C=C/C(C)=C/C=C/C=C(C)/C=C/C=C(\C)C=O.COC(=O)/C(C)=C/C=C/C(C)=C/C=C/C(C)=C/C=C/C=C(C)/C=C/C=C(C)/C=C/C=C(C)C.COC(=O)/C(C)=C/C=C/C(C)=C/C=C/C=C(C)/C=C/C=C(C)C.O=C=O.O=C=O.[O]=[Mn]=[O]. The van der Waals surface area contributed by atoms with Crippen molar-refractivity contribution in [2.45, 2.75) is 125 Å². The van der Waals surface area contributed by atoms with Crippen LogP contribution in [-0.4, -0.2) is 64.9 Å². The van der Waals surface area contributed by atoms with Crippen molar-refractivity contribution < 1.29 is 79.8 Å². The van der Waals surface area contributed by atoms with Crippen LogP contribution in [0.4, 0.5) is 0 Å². The summed E-state index contributed by atoms with van der Waals surface area (Å²) in [6.07, 6.45) is 76.3. The van der Waals surface area contributed by atoms with Gasteiger partial charge < -0.3 is 18.9 Å². The molecule has 0 aliphatic carbocycles. The van der Waals surface area contributed by atoms with Crippen LogP contribution in [0.25, 0.3) is 0 Å². The Hall–Kier alpha value is -10.3. The molecule has 0 aromatic carbocycles. The first-order valence-electron chi connectivity index (χ1n) is 29.7. The van der Waals surface area contributed by atoms with Crippen LogP contribution in [0, 0.1) is 0 Å². The molecule has 97 heavy (non-hydrogen) atoms. The molecule has 0 N–H and O–H groups in total. The molecule has 15 heteroatoms. The second-order valence-corrected chi connectivity index (χ2v) is 20.5. The average molecular weight is 1370 g/mol. The summed E-state index contributed by atoms with van der Waals surface area (Å²) >= 11 is -1.44. The molecule has 0 unspecified atom stereocenters. The fourth-order valence-electron chi connectivity index (χ4n) is 5.52. The van der Waals surface area contributed by atoms with E-state index in [-0.39, 0.29) is 37.6 Å². The van der Waals surface area contributed by atoms with Crippen LogP contribution in [0.1, 0.15) is 125 Å². The van der Waals surface area contributed by atoms with E-state index in [1.807, 2.05) is 156 Å². The van der Waals surface area contributed by atoms with E-state index < -0.39 is 14.8 Å². The van der Waals surface area contributed by atoms with Gasteiger partial charge in [-0.05, 0) is 129 Å². The third-order valence-electron chi connectivity index (χ3n) is 10.7. The van der Waals surface area contributed by atoms with E-state index in [2.05, 4.69) is 155 Å². The molecule has 0 bridgehead atoms. The number of rotatable bonds is 28. The number of esters is 3. The summed E-state index contributed by atoms with van der Waals surface area (Å²) in [6, 6.07) is 0. The van der Waals surface area contributed by atoms with E-state index in [1.54, 1.807) is 65.2 Å². The van der Waals surface area contributed by atoms with Crippen LogP contribution < -0.4 is 0 Å². The molecule has 0 aliphatic heterocycles. The Balaban J connectivity index is -0.000000183. The number of carbonyl (C=O) groups excluding carboxylic acids is 8. The molecule has 0 heterocycles. The molecule has 0 saturated carbocycles. The zero-order valence-electron chi connectivity index (χ0n) is 60.3. The number of ether oxygens (including phenoxy) is 4. The first-order valence-corrected chi connectivity index (χ1v) is 30.6. The molecule has 0 aromatic heterocycles. The Morgan fingerprint density at radius 3 is 0.680 bits per heavy atom. The number of hydrogen-bond donors (Lipinski definition) is 0. The molecule has 0 rings (SSSR count). The molecule has 0 spiro atoms. The van der Waals surface area contributed by atoms with Gasteiger partial charge in [0.25, 0.3) is 0 Å². The predicted octanol–water partition coefficient (Wildman–Crippen LogP) is 20.0. The van der Waals surface area contributed by atoms with Gasteiger partial charge in [0, 0.05) is 16.7 Å². The van der Waals surface area contributed by atoms with Gasteiger partial charge in [0.15, 0.2) is 0 Å². The van der Waals surface area contributed by atoms with Crippen molar-refractivity contribution in [1.29, 1.82) is 0 Å². The average Bonchev–Trinajstić information content (AvgIpc) is 2.86. The number of carbonyl (C=O) groups is 4. The Kier molecular flexibility index (Phi) is 81.1. The van der Waals surface area contributed by atoms with E-state index in [0.717, 1.165) is 39.9 Å². The second-order valence-electron chi connectivity index (χ2n) is 20.3. The van der Waals surface area contributed by atoms with E-state index in [0.29, 0.717) is 22.3 Å². The van der Waals surface area contributed by atoms with E-state index in [9.17, 15) is 19.2 Å². The number of aldehydes is 1. The Labute approximate surface area is 587 Å². The molecule has 0 saturated heterocycles. The Morgan fingerprint density at radius 1 is 0.299 bits per heavy atom. The Morgan fingerprint density at radius 2 is 0.485 bits per heavy atom. The fourth-order valence-corrected chi connectivity index (χ4v) is 5.52. The quantitative estimate of drug-likeness (QED) is 0.0136. The van der Waals surface area contributed by atoms with Gasteiger partial charge in [-0.15, -0.1) is 0 Å². The summed E-state index contributed by atoms with van der Waals surface area (Å²) < 4.78 is 35.6. The van der Waals surface area contributed by atoms with Crippen molar-refractivity contribution in [3.63, 3.8) is 0 Å². The molecule has 0 radical (unpaired) electrons. The monoisotopic (exact) mass is 1370 g/mol. The maximum absolute atomic E-state index is 11.3. The van der Waals surface area contributed by atoms with Gasteiger partial charge in [-0.25, -0.2) is 14.4 Å². The van der Waals surface area contributed by atoms with Crippen molar-refractivity contribution >= 4 is 36.5 Å². The van der Waals surface area contributed by atoms with Gasteiger partial charge in [0.1, 0.15) is 6.29 Å². The van der Waals surface area contributed by atoms with Crippen molar-refractivity contribution in [2.75, 3.05) is 28.4 Å². The molecular formula is C82H108MnO14. The van der Waals surface area contributed by atoms with Crippen molar-refractivity contribution in [2.24, 2.45) is 0 Å². The van der Waals surface area contributed by atoms with Crippen molar-refractivity contribution in [1.82, 2.24) is 0 Å². The van der Waals surface area contributed by atoms with Crippen LogP contribution in [0.3, 0.4) is 0 Å². The summed E-state index contributed by atoms with van der Waals surface area (Å²) in [6.45, 7) is 37.0. The predicted molar refractivity (Wildman–Crippen MR) is 396 cm³/mol. The van der Waals surface area contributed by atoms with Crippen LogP contribution in [-0.2, 0) is 79.8 Å². The van der Waals surface area contributed by atoms with Gasteiger partial charge in [0.2, 0.25) is 0 Å². The molecule has 527 valence electrons. The molecule has 0 aliphatic rings. The van der Waals surface area contributed by atoms with Crippen LogP contribution >= 0.6 is 0 Å². The zero-order chi connectivity index (χ0) is 74.9. The molecular weight excluding hydrogens is 1260 g/mol. The van der Waals surface area contributed by atoms with E-state index in [1.165, 1.54) is 49.2 Å². The standard InChI is InChI=1S/C31H40O2.C21H28O2.C20H26O2.C7H10O2.2CO2.CH4.Mn.2O/c1-25(2)15-11-18-28(5)21-12-19-26(3)16-9-10-17-27(4)20-13-22-29(6)23-14-24-30(7)31(32)33-8;1-17(2)11-9-14-18(3)12-7-8-13-19(4)15-10-16-20(5)21(22)23-6;1-17(12-8-14-19(3)16-21)10-6-7-11-18(2)13-9-15-20(4)22-5;1-4-5-6(2)7(8)9-3;2*2-1-3;;;;/h9-24H,1-8H3;7-16H,1-6H3;6-16H,1-5H3;4-5H,1H2,2-3H3;;;1H4;;;/b10-9+,18-11+,19-12+,20-13+,23-14+,26-16+,27-17+,28-21+,29-22+,30-24+;8-7+,14-9+,15-10+,18-12+,19-13+,20-16+;7-6+,12-8+,13-9+,17-10+,18-11+,19-14+,20-15+;6-5+;;;;;;. The number of methoxy groups -OCH3 is 4. The van der Waals surface area contributed by atoms with Crippen molar-refractivity contribution in [3.05, 3.63) is 321 Å². The first-order chi connectivity index (χ1) is 45.5. The van der Waals surface area contributed by atoms with E-state index in [4.69, 9.17) is 31.6 Å². The summed E-state index contributed by atoms with van der Waals surface area (Å²) in [5.41, 5.74) is 14.2. The van der Waals surface area contributed by atoms with Crippen LogP contribution in [0.5, 0.6) is 0 Å². The topological polar surface area (TPSA) is 208 Å². The van der Waals surface area contributed by atoms with Gasteiger partial charge in [-0.2, -0.15) is 19.2 Å². The minimum absolute atomic E-state index is 0. The molecule has 14 nitrogen and oxygen atoms in total. The van der Waals surface area contributed by atoms with Gasteiger partial charge in [-0.1, -0.05) is 295 Å². The fraction of sp³-hybridized carbons (Fsp3) is 0.268. The number of allylic oxidation sites excluding steroid dienone is 50. The summed E-state index contributed by atoms with van der Waals surface area (Å²) in [4.78, 5) is 76.0. The third-order valence-corrected chi connectivity index (χ3v) is 10.7. The third kappa shape index (κ3) is 85.7. The van der Waals surface area contributed by atoms with Gasteiger partial charge in [0.05, 0.1) is 34.2 Å². The molecule has 0 atom stereocenters. The zero-order valence-corrected chi connectivity index (χ0v) is 61.5.